The normalized spacial score (nSPS) is 11.0. The molecule has 0 aliphatic heterocycles. The Labute approximate surface area is 155 Å². The average Bonchev–Trinajstić information content (AvgIpc) is 3.06. The van der Waals surface area contributed by atoms with Crippen molar-refractivity contribution in [3.8, 4) is 0 Å². The molecule has 7 nitrogen and oxygen atoms in total. The fraction of sp³-hybridized carbons (Fsp3) is 0.333. The number of halogens is 2. The molecule has 3 aromatic rings. The molecule has 0 spiro atoms. The van der Waals surface area contributed by atoms with Crippen molar-refractivity contribution in [1.29, 1.82) is 0 Å². The Bertz CT molecular complexity index is 954. The molecule has 0 radical (unpaired) electrons. The maximum absolute atomic E-state index is 13.6. The van der Waals surface area contributed by atoms with Gasteiger partial charge in [-0.25, -0.2) is 8.78 Å². The van der Waals surface area contributed by atoms with Crippen molar-refractivity contribution in [3.05, 3.63) is 47.8 Å². The van der Waals surface area contributed by atoms with Crippen molar-refractivity contribution < 1.29 is 13.6 Å². The van der Waals surface area contributed by atoms with Gasteiger partial charge < -0.3 is 10.2 Å². The summed E-state index contributed by atoms with van der Waals surface area (Å²) in [5.41, 5.74) is 0.528. The van der Waals surface area contributed by atoms with Crippen LogP contribution >= 0.6 is 0 Å². The van der Waals surface area contributed by atoms with E-state index in [-0.39, 0.29) is 18.5 Å². The number of hydrogen-bond acceptors (Lipinski definition) is 5. The van der Waals surface area contributed by atoms with Crippen molar-refractivity contribution in [2.45, 2.75) is 26.7 Å². The first-order valence-electron chi connectivity index (χ1n) is 8.73. The summed E-state index contributed by atoms with van der Waals surface area (Å²) in [6.45, 7) is 5.72. The van der Waals surface area contributed by atoms with E-state index in [1.165, 1.54) is 6.07 Å². The molecule has 2 aromatic heterocycles. The molecule has 0 unspecified atom stereocenters. The highest BCUT2D eigenvalue weighted by atomic mass is 19.1. The van der Waals surface area contributed by atoms with Gasteiger partial charge in [0.05, 0.1) is 5.69 Å². The predicted molar refractivity (Wildman–Crippen MR) is 97.7 cm³/mol. The molecule has 1 aromatic carbocycles. The number of amides is 1. The third-order valence-corrected chi connectivity index (χ3v) is 4.18. The lowest BCUT2D eigenvalue weighted by molar-refractivity contribution is -0.116. The number of aromatic nitrogens is 4. The van der Waals surface area contributed by atoms with E-state index in [9.17, 15) is 13.6 Å². The van der Waals surface area contributed by atoms with Gasteiger partial charge >= 0.3 is 0 Å². The van der Waals surface area contributed by atoms with Gasteiger partial charge in [0, 0.05) is 32.0 Å². The molecule has 0 bridgehead atoms. The molecular weight excluding hydrogens is 354 g/mol. The molecule has 0 fully saturated rings. The Kier molecular flexibility index (Phi) is 5.58. The van der Waals surface area contributed by atoms with E-state index < -0.39 is 17.5 Å². The number of fused-ring (bicyclic) bond motifs is 1. The minimum Gasteiger partial charge on any atom is -0.356 e. The highest BCUT2D eigenvalue weighted by Crippen LogP contribution is 2.16. The van der Waals surface area contributed by atoms with Crippen LogP contribution in [0.5, 0.6) is 0 Å². The topological polar surface area (TPSA) is 75.4 Å². The number of aryl methyl sites for hydroxylation is 1. The van der Waals surface area contributed by atoms with Gasteiger partial charge in [0.1, 0.15) is 17.5 Å². The van der Waals surface area contributed by atoms with Crippen molar-refractivity contribution >= 4 is 23.1 Å². The summed E-state index contributed by atoms with van der Waals surface area (Å²) >= 11 is 0. The zero-order valence-corrected chi connectivity index (χ0v) is 15.1. The molecule has 3 rings (SSSR count). The van der Waals surface area contributed by atoms with Crippen molar-refractivity contribution in [1.82, 2.24) is 19.8 Å². The first kappa shape index (κ1) is 18.7. The number of hydrogen-bond donors (Lipinski definition) is 1. The number of carbonyl (C=O) groups is 1. The molecular formula is C18H20F2N6O. The fourth-order valence-electron chi connectivity index (χ4n) is 2.72. The molecule has 1 amide bonds. The average molecular weight is 374 g/mol. The predicted octanol–water partition coefficient (Wildman–Crippen LogP) is 2.82. The third-order valence-electron chi connectivity index (χ3n) is 4.18. The first-order valence-corrected chi connectivity index (χ1v) is 8.73. The first-order chi connectivity index (χ1) is 13.0. The van der Waals surface area contributed by atoms with Crippen LogP contribution in [0.15, 0.2) is 30.3 Å². The minimum absolute atomic E-state index is 0.0607. The summed E-state index contributed by atoms with van der Waals surface area (Å²) < 4.78 is 28.2. The Morgan fingerprint density at radius 1 is 1.15 bits per heavy atom. The summed E-state index contributed by atoms with van der Waals surface area (Å²) in [6, 6.07) is 6.70. The molecule has 1 N–H and O–H groups in total. The monoisotopic (exact) mass is 374 g/mol. The smallest absolute Gasteiger partial charge is 0.224 e. The van der Waals surface area contributed by atoms with Crippen LogP contribution in [0.1, 0.15) is 26.1 Å². The summed E-state index contributed by atoms with van der Waals surface area (Å²) in [5.74, 6) is -0.588. The van der Waals surface area contributed by atoms with Crippen molar-refractivity contribution in [2.24, 2.45) is 0 Å². The number of carbonyl (C=O) groups excluding carboxylic acids is 1. The van der Waals surface area contributed by atoms with Gasteiger partial charge in [0.2, 0.25) is 5.91 Å². The highest BCUT2D eigenvalue weighted by molar-refractivity contribution is 5.90. The molecule has 27 heavy (non-hydrogen) atoms. The Balaban J connectivity index is 1.70. The quantitative estimate of drug-likeness (QED) is 0.688. The third kappa shape index (κ3) is 4.18. The van der Waals surface area contributed by atoms with E-state index in [2.05, 4.69) is 25.5 Å². The molecule has 0 aliphatic carbocycles. The minimum atomic E-state index is -0.818. The second-order valence-electron chi connectivity index (χ2n) is 5.92. The summed E-state index contributed by atoms with van der Waals surface area (Å²) in [4.78, 5) is 14.2. The Morgan fingerprint density at radius 2 is 1.93 bits per heavy atom. The van der Waals surface area contributed by atoms with E-state index >= 15 is 0 Å². The van der Waals surface area contributed by atoms with Gasteiger partial charge in [0.15, 0.2) is 11.5 Å². The number of rotatable bonds is 7. The van der Waals surface area contributed by atoms with Crippen LogP contribution in [-0.2, 0) is 11.2 Å². The van der Waals surface area contributed by atoms with Crippen LogP contribution in [0.4, 0.5) is 20.3 Å². The maximum Gasteiger partial charge on any atom is 0.224 e. The lowest BCUT2D eigenvalue weighted by atomic mass is 10.2. The zero-order valence-electron chi connectivity index (χ0n) is 15.1. The van der Waals surface area contributed by atoms with Crippen LogP contribution in [-0.4, -0.2) is 38.8 Å². The molecule has 2 heterocycles. The molecule has 142 valence electrons. The molecule has 0 aliphatic rings. The number of benzene rings is 1. The van der Waals surface area contributed by atoms with E-state index in [4.69, 9.17) is 0 Å². The van der Waals surface area contributed by atoms with Crippen molar-refractivity contribution in [2.75, 3.05) is 23.3 Å². The second kappa shape index (κ2) is 8.07. The van der Waals surface area contributed by atoms with E-state index in [0.29, 0.717) is 11.5 Å². The van der Waals surface area contributed by atoms with E-state index in [1.54, 1.807) is 4.52 Å². The van der Waals surface area contributed by atoms with Gasteiger partial charge in [0.25, 0.3) is 0 Å². The zero-order chi connectivity index (χ0) is 19.4. The highest BCUT2D eigenvalue weighted by Gasteiger charge is 2.13. The van der Waals surface area contributed by atoms with E-state index in [0.717, 1.165) is 31.0 Å². The Hall–Kier alpha value is -3.10. The summed E-state index contributed by atoms with van der Waals surface area (Å²) in [6.07, 6.45) is 0.347. The molecule has 0 saturated carbocycles. The lowest BCUT2D eigenvalue weighted by Crippen LogP contribution is -2.23. The molecule has 0 saturated heterocycles. The number of nitrogens with zero attached hydrogens (tertiary/aromatic N) is 5. The fourth-order valence-corrected chi connectivity index (χ4v) is 2.72. The lowest BCUT2D eigenvalue weighted by Gasteiger charge is -2.19. The SMILES string of the molecule is CCN(CC)c1ccc2nnc(CCC(=O)Nc3ccc(F)cc3F)n2n1. The van der Waals surface area contributed by atoms with Crippen LogP contribution in [0.3, 0.4) is 0 Å². The van der Waals surface area contributed by atoms with Gasteiger partial charge in [-0.2, -0.15) is 4.52 Å². The number of nitrogens with one attached hydrogen (secondary N) is 1. The van der Waals surface area contributed by atoms with E-state index in [1.807, 2.05) is 26.0 Å². The van der Waals surface area contributed by atoms with Gasteiger partial charge in [-0.15, -0.1) is 15.3 Å². The van der Waals surface area contributed by atoms with Crippen molar-refractivity contribution in [3.63, 3.8) is 0 Å². The molecule has 9 heteroatoms. The standard InChI is InChI=1S/C18H20F2N6O/c1-3-25(4-2)17-8-7-15-22-23-16(26(15)24-17)9-10-18(27)21-14-6-5-12(19)11-13(14)20/h5-8,11H,3-4,9-10H2,1-2H3,(H,21,27). The Morgan fingerprint density at radius 3 is 2.63 bits per heavy atom. The van der Waals surface area contributed by atoms with Gasteiger partial charge in [-0.3, -0.25) is 4.79 Å². The van der Waals surface area contributed by atoms with Gasteiger partial charge in [-0.05, 0) is 38.1 Å². The molecule has 0 atom stereocenters. The van der Waals surface area contributed by atoms with Crippen LogP contribution in [0, 0.1) is 11.6 Å². The van der Waals surface area contributed by atoms with Crippen LogP contribution in [0.25, 0.3) is 5.65 Å². The van der Waals surface area contributed by atoms with Crippen LogP contribution < -0.4 is 10.2 Å². The van der Waals surface area contributed by atoms with Crippen LogP contribution in [0.2, 0.25) is 0 Å². The largest absolute Gasteiger partial charge is 0.356 e. The second-order valence-corrected chi connectivity index (χ2v) is 5.92. The maximum atomic E-state index is 13.6. The van der Waals surface area contributed by atoms with Gasteiger partial charge in [-0.1, -0.05) is 0 Å². The summed E-state index contributed by atoms with van der Waals surface area (Å²) in [5, 5.41) is 15.1. The summed E-state index contributed by atoms with van der Waals surface area (Å²) in [7, 11) is 0. The number of anilines is 2.